The molecule has 1 aliphatic carbocycles. The maximum atomic E-state index is 13.6. The van der Waals surface area contributed by atoms with Gasteiger partial charge < -0.3 is 19.7 Å². The van der Waals surface area contributed by atoms with E-state index >= 15 is 0 Å². The number of hydrogen-bond acceptors (Lipinski definition) is 4. The third-order valence-electron chi connectivity index (χ3n) is 6.09. The van der Waals surface area contributed by atoms with Gasteiger partial charge in [-0.05, 0) is 42.7 Å². The first-order valence-electron chi connectivity index (χ1n) is 10.2. The Labute approximate surface area is 176 Å². The molecule has 1 N–H and O–H groups in total. The van der Waals surface area contributed by atoms with Crippen molar-refractivity contribution in [2.24, 2.45) is 0 Å². The Kier molecular flexibility index (Phi) is 5.97. The van der Waals surface area contributed by atoms with Gasteiger partial charge in [0.2, 0.25) is 5.91 Å². The quantitative estimate of drug-likeness (QED) is 0.774. The summed E-state index contributed by atoms with van der Waals surface area (Å²) in [6, 6.07) is 13.6. The van der Waals surface area contributed by atoms with Crippen molar-refractivity contribution in [3.05, 3.63) is 53.1 Å². The van der Waals surface area contributed by atoms with E-state index in [1.807, 2.05) is 42.5 Å². The summed E-state index contributed by atoms with van der Waals surface area (Å²) >= 11 is 6.08. The van der Waals surface area contributed by atoms with Crippen LogP contribution in [0.5, 0.6) is 5.75 Å². The molecule has 1 amide bonds. The van der Waals surface area contributed by atoms with Crippen LogP contribution in [0.15, 0.2) is 42.5 Å². The van der Waals surface area contributed by atoms with Gasteiger partial charge in [-0.15, -0.1) is 0 Å². The molecule has 1 saturated heterocycles. The van der Waals surface area contributed by atoms with Crippen LogP contribution in [0, 0.1) is 0 Å². The van der Waals surface area contributed by atoms with Crippen LogP contribution in [0.1, 0.15) is 31.2 Å². The Morgan fingerprint density at radius 2 is 1.79 bits per heavy atom. The Morgan fingerprint density at radius 3 is 2.45 bits per heavy atom. The molecule has 0 atom stereocenters. The molecular weight excluding hydrogens is 388 g/mol. The van der Waals surface area contributed by atoms with E-state index in [0.717, 1.165) is 61.5 Å². The van der Waals surface area contributed by atoms with Crippen LogP contribution in [0.2, 0.25) is 5.02 Å². The van der Waals surface area contributed by atoms with Crippen LogP contribution in [0.25, 0.3) is 0 Å². The highest BCUT2D eigenvalue weighted by Crippen LogP contribution is 2.43. The minimum absolute atomic E-state index is 0.0417. The van der Waals surface area contributed by atoms with E-state index in [1.54, 1.807) is 7.11 Å². The number of morpholine rings is 1. The second-order valence-corrected chi connectivity index (χ2v) is 8.17. The second kappa shape index (κ2) is 8.64. The molecule has 0 bridgehead atoms. The molecule has 4 rings (SSSR count). The molecule has 2 aliphatic rings. The Hall–Kier alpha value is -2.24. The third-order valence-corrected chi connectivity index (χ3v) is 6.34. The molecule has 6 heteroatoms. The Bertz CT molecular complexity index is 857. The molecule has 2 fully saturated rings. The average Bonchev–Trinajstić information content (AvgIpc) is 3.26. The van der Waals surface area contributed by atoms with Crippen LogP contribution in [0.3, 0.4) is 0 Å². The SMILES string of the molecule is COc1ccc(N2CCOCC2)c(NC(=O)C2(c3ccc(Cl)cc3)CCCC2)c1. The standard InChI is InChI=1S/C23H27ClN2O3/c1-28-19-8-9-21(26-12-14-29-15-13-26)20(16-19)25-22(27)23(10-2-3-11-23)17-4-6-18(24)7-5-17/h4-9,16H,2-3,10-15H2,1H3,(H,25,27). The van der Waals surface area contributed by atoms with Crippen molar-refractivity contribution in [3.63, 3.8) is 0 Å². The zero-order valence-electron chi connectivity index (χ0n) is 16.7. The Balaban J connectivity index is 1.66. The highest BCUT2D eigenvalue weighted by atomic mass is 35.5. The highest BCUT2D eigenvalue weighted by molar-refractivity contribution is 6.30. The monoisotopic (exact) mass is 414 g/mol. The largest absolute Gasteiger partial charge is 0.497 e. The fourth-order valence-corrected chi connectivity index (χ4v) is 4.58. The molecule has 1 saturated carbocycles. The van der Waals surface area contributed by atoms with E-state index < -0.39 is 5.41 Å². The summed E-state index contributed by atoms with van der Waals surface area (Å²) in [5.74, 6) is 0.768. The summed E-state index contributed by atoms with van der Waals surface area (Å²) in [5, 5.41) is 3.93. The third kappa shape index (κ3) is 4.07. The molecule has 1 aliphatic heterocycles. The number of ether oxygens (including phenoxy) is 2. The minimum Gasteiger partial charge on any atom is -0.497 e. The molecule has 2 aromatic carbocycles. The van der Waals surface area contributed by atoms with E-state index in [-0.39, 0.29) is 5.91 Å². The summed E-state index contributed by atoms with van der Waals surface area (Å²) in [5.41, 5.74) is 2.31. The zero-order valence-corrected chi connectivity index (χ0v) is 17.5. The first-order valence-corrected chi connectivity index (χ1v) is 10.6. The smallest absolute Gasteiger partial charge is 0.235 e. The molecule has 0 spiro atoms. The maximum absolute atomic E-state index is 13.6. The van der Waals surface area contributed by atoms with Gasteiger partial charge in [-0.3, -0.25) is 4.79 Å². The molecule has 0 radical (unpaired) electrons. The number of carbonyl (C=O) groups excluding carboxylic acids is 1. The van der Waals surface area contributed by atoms with Crippen LogP contribution >= 0.6 is 11.6 Å². The zero-order chi connectivity index (χ0) is 20.3. The second-order valence-electron chi connectivity index (χ2n) is 7.73. The molecule has 0 unspecified atom stereocenters. The van der Waals surface area contributed by atoms with Gasteiger partial charge in [-0.1, -0.05) is 36.6 Å². The van der Waals surface area contributed by atoms with Crippen LogP contribution < -0.4 is 15.0 Å². The predicted molar refractivity (Wildman–Crippen MR) is 116 cm³/mol. The fourth-order valence-electron chi connectivity index (χ4n) is 4.46. The molecule has 29 heavy (non-hydrogen) atoms. The molecule has 0 aromatic heterocycles. The van der Waals surface area contributed by atoms with Gasteiger partial charge in [0.1, 0.15) is 5.75 Å². The first-order chi connectivity index (χ1) is 14.1. The molecule has 5 nitrogen and oxygen atoms in total. The number of hydrogen-bond donors (Lipinski definition) is 1. The number of carbonyl (C=O) groups is 1. The van der Waals surface area contributed by atoms with Crippen LogP contribution in [0.4, 0.5) is 11.4 Å². The van der Waals surface area contributed by atoms with E-state index in [2.05, 4.69) is 10.2 Å². The predicted octanol–water partition coefficient (Wildman–Crippen LogP) is 4.64. The Morgan fingerprint density at radius 1 is 1.10 bits per heavy atom. The summed E-state index contributed by atoms with van der Waals surface area (Å²) in [4.78, 5) is 15.9. The van der Waals surface area contributed by atoms with Crippen molar-refractivity contribution in [1.82, 2.24) is 0 Å². The van der Waals surface area contributed by atoms with Crippen molar-refractivity contribution in [2.75, 3.05) is 43.6 Å². The van der Waals surface area contributed by atoms with Gasteiger partial charge >= 0.3 is 0 Å². The van der Waals surface area contributed by atoms with Gasteiger partial charge in [-0.2, -0.15) is 0 Å². The van der Waals surface area contributed by atoms with Gasteiger partial charge in [0.25, 0.3) is 0 Å². The van der Waals surface area contributed by atoms with E-state index in [1.165, 1.54) is 0 Å². The highest BCUT2D eigenvalue weighted by Gasteiger charge is 2.43. The summed E-state index contributed by atoms with van der Waals surface area (Å²) in [6.07, 6.45) is 3.78. The number of amides is 1. The number of methoxy groups -OCH3 is 1. The minimum atomic E-state index is -0.518. The van der Waals surface area contributed by atoms with Crippen LogP contribution in [-0.4, -0.2) is 39.3 Å². The number of rotatable bonds is 5. The van der Waals surface area contributed by atoms with Gasteiger partial charge in [0, 0.05) is 24.2 Å². The van der Waals surface area contributed by atoms with E-state index in [9.17, 15) is 4.79 Å². The van der Waals surface area contributed by atoms with Gasteiger partial charge in [-0.25, -0.2) is 0 Å². The van der Waals surface area contributed by atoms with Crippen molar-refractivity contribution in [1.29, 1.82) is 0 Å². The van der Waals surface area contributed by atoms with Crippen molar-refractivity contribution in [2.45, 2.75) is 31.1 Å². The van der Waals surface area contributed by atoms with Crippen LogP contribution in [-0.2, 0) is 14.9 Å². The van der Waals surface area contributed by atoms with Gasteiger partial charge in [0.05, 0.1) is 37.1 Å². The lowest BCUT2D eigenvalue weighted by Gasteiger charge is -2.33. The summed E-state index contributed by atoms with van der Waals surface area (Å²) in [6.45, 7) is 2.98. The topological polar surface area (TPSA) is 50.8 Å². The normalized spacial score (nSPS) is 18.5. The number of benzene rings is 2. The maximum Gasteiger partial charge on any atom is 0.235 e. The van der Waals surface area contributed by atoms with Crippen molar-refractivity contribution < 1.29 is 14.3 Å². The van der Waals surface area contributed by atoms with E-state index in [4.69, 9.17) is 21.1 Å². The molecule has 154 valence electrons. The number of anilines is 2. The van der Waals surface area contributed by atoms with Gasteiger partial charge in [0.15, 0.2) is 0 Å². The molecule has 1 heterocycles. The summed E-state index contributed by atoms with van der Waals surface area (Å²) in [7, 11) is 1.64. The lowest BCUT2D eigenvalue weighted by Crippen LogP contribution is -2.39. The van der Waals surface area contributed by atoms with E-state index in [0.29, 0.717) is 18.2 Å². The molecule has 2 aromatic rings. The lowest BCUT2D eigenvalue weighted by atomic mass is 9.78. The van der Waals surface area contributed by atoms with Crippen molar-refractivity contribution >= 4 is 28.9 Å². The number of halogens is 1. The molecular formula is C23H27ClN2O3. The average molecular weight is 415 g/mol. The number of nitrogens with zero attached hydrogens (tertiary/aromatic N) is 1. The van der Waals surface area contributed by atoms with Crippen molar-refractivity contribution in [3.8, 4) is 5.75 Å². The number of nitrogens with one attached hydrogen (secondary N) is 1. The fraction of sp³-hybridized carbons (Fsp3) is 0.435. The lowest BCUT2D eigenvalue weighted by molar-refractivity contribution is -0.121. The summed E-state index contributed by atoms with van der Waals surface area (Å²) < 4.78 is 10.9. The first kappa shape index (κ1) is 20.0.